The van der Waals surface area contributed by atoms with E-state index in [2.05, 4.69) is 28.2 Å². The van der Waals surface area contributed by atoms with Gasteiger partial charge in [-0.1, -0.05) is 72.8 Å². The quantitative estimate of drug-likeness (QED) is 0.217. The molecule has 41 heavy (non-hydrogen) atoms. The summed E-state index contributed by atoms with van der Waals surface area (Å²) >= 11 is 0. The lowest BCUT2D eigenvalue weighted by Crippen LogP contribution is -2.31. The summed E-state index contributed by atoms with van der Waals surface area (Å²) in [7, 11) is 0. The molecule has 0 fully saturated rings. The minimum Gasteiger partial charge on any atom is -0.453 e. The fraction of sp³-hybridized carbons (Fsp3) is 0. The van der Waals surface area contributed by atoms with Gasteiger partial charge in [0.15, 0.2) is 11.5 Å². The molecule has 2 amide bonds. The van der Waals surface area contributed by atoms with E-state index in [1.54, 1.807) is 24.5 Å². The molecule has 6 aromatic rings. The number of aromatic nitrogens is 2. The van der Waals surface area contributed by atoms with Crippen molar-refractivity contribution in [2.45, 2.75) is 0 Å². The SMILES string of the molecule is O=C1c2ccc(-c3cccc4ccccc34)cc2C(=O)N1c1ncc(N2c3ccccc3Oc3ccccc32)cn1. The Bertz CT molecular complexity index is 1990. The van der Waals surface area contributed by atoms with Gasteiger partial charge in [-0.25, -0.2) is 14.9 Å². The van der Waals surface area contributed by atoms with Gasteiger partial charge in [0, 0.05) is 0 Å². The van der Waals surface area contributed by atoms with Crippen LogP contribution in [0.4, 0.5) is 23.0 Å². The fourth-order valence-electron chi connectivity index (χ4n) is 5.60. The number of fused-ring (bicyclic) bond motifs is 4. The predicted octanol–water partition coefficient (Wildman–Crippen LogP) is 7.67. The summed E-state index contributed by atoms with van der Waals surface area (Å²) in [6.45, 7) is 0. The lowest BCUT2D eigenvalue weighted by molar-refractivity contribution is 0.0924. The third kappa shape index (κ3) is 3.53. The van der Waals surface area contributed by atoms with Crippen LogP contribution in [0.2, 0.25) is 0 Å². The van der Waals surface area contributed by atoms with Crippen LogP contribution in [-0.2, 0) is 0 Å². The first-order chi connectivity index (χ1) is 20.2. The van der Waals surface area contributed by atoms with E-state index < -0.39 is 11.8 Å². The number of para-hydroxylation sites is 4. The summed E-state index contributed by atoms with van der Waals surface area (Å²) in [5.41, 5.74) is 4.88. The molecular weight excluding hydrogens is 512 g/mol. The summed E-state index contributed by atoms with van der Waals surface area (Å²) < 4.78 is 6.08. The van der Waals surface area contributed by atoms with E-state index in [0.717, 1.165) is 38.2 Å². The largest absolute Gasteiger partial charge is 0.453 e. The summed E-state index contributed by atoms with van der Waals surface area (Å²) in [4.78, 5) is 38.9. The van der Waals surface area contributed by atoms with Crippen molar-refractivity contribution in [2.75, 3.05) is 9.80 Å². The molecule has 1 aromatic heterocycles. The van der Waals surface area contributed by atoms with Crippen molar-refractivity contribution in [3.05, 3.63) is 133 Å². The molecule has 2 aliphatic heterocycles. The molecule has 0 aliphatic carbocycles. The first-order valence-electron chi connectivity index (χ1n) is 13.2. The Morgan fingerprint density at radius 3 is 1.95 bits per heavy atom. The van der Waals surface area contributed by atoms with Gasteiger partial charge in [-0.15, -0.1) is 0 Å². The van der Waals surface area contributed by atoms with E-state index in [1.165, 1.54) is 0 Å². The van der Waals surface area contributed by atoms with Crippen LogP contribution in [0.3, 0.4) is 0 Å². The van der Waals surface area contributed by atoms with Gasteiger partial charge in [-0.3, -0.25) is 9.59 Å². The molecule has 0 bridgehead atoms. The number of benzene rings is 5. The second-order valence-corrected chi connectivity index (χ2v) is 9.85. The van der Waals surface area contributed by atoms with Crippen molar-refractivity contribution < 1.29 is 14.3 Å². The smallest absolute Gasteiger partial charge is 0.268 e. The molecule has 7 nitrogen and oxygen atoms in total. The molecule has 2 aliphatic rings. The molecule has 8 rings (SSSR count). The maximum Gasteiger partial charge on any atom is 0.268 e. The second-order valence-electron chi connectivity index (χ2n) is 9.85. The van der Waals surface area contributed by atoms with Crippen molar-refractivity contribution in [3.63, 3.8) is 0 Å². The zero-order valence-corrected chi connectivity index (χ0v) is 21.6. The molecule has 0 saturated carbocycles. The number of rotatable bonds is 3. The summed E-state index contributed by atoms with van der Waals surface area (Å²) in [6, 6.07) is 34.9. The van der Waals surface area contributed by atoms with Crippen LogP contribution in [0.5, 0.6) is 11.5 Å². The Labute approximate surface area is 234 Å². The molecular formula is C34H20N4O3. The predicted molar refractivity (Wildman–Crippen MR) is 157 cm³/mol. The minimum atomic E-state index is -0.443. The highest BCUT2D eigenvalue weighted by molar-refractivity contribution is 6.34. The second kappa shape index (κ2) is 8.86. The highest BCUT2D eigenvalue weighted by atomic mass is 16.5. The number of carbonyl (C=O) groups is 2. The highest BCUT2D eigenvalue weighted by Gasteiger charge is 2.39. The van der Waals surface area contributed by atoms with Gasteiger partial charge in [0.2, 0.25) is 5.95 Å². The number of nitrogens with zero attached hydrogens (tertiary/aromatic N) is 4. The van der Waals surface area contributed by atoms with E-state index in [9.17, 15) is 9.59 Å². The zero-order valence-electron chi connectivity index (χ0n) is 21.6. The van der Waals surface area contributed by atoms with E-state index in [4.69, 9.17) is 4.74 Å². The van der Waals surface area contributed by atoms with E-state index in [-0.39, 0.29) is 5.95 Å². The molecule has 5 aromatic carbocycles. The highest BCUT2D eigenvalue weighted by Crippen LogP contribution is 2.49. The molecule has 7 heteroatoms. The number of imide groups is 1. The van der Waals surface area contributed by atoms with Crippen molar-refractivity contribution >= 4 is 45.6 Å². The zero-order chi connectivity index (χ0) is 27.5. The summed E-state index contributed by atoms with van der Waals surface area (Å²) in [5.74, 6) is 0.558. The van der Waals surface area contributed by atoms with Crippen LogP contribution in [0.25, 0.3) is 21.9 Å². The van der Waals surface area contributed by atoms with Gasteiger partial charge in [-0.2, -0.15) is 0 Å². The van der Waals surface area contributed by atoms with Crippen molar-refractivity contribution in [1.29, 1.82) is 0 Å². The monoisotopic (exact) mass is 532 g/mol. The van der Waals surface area contributed by atoms with Gasteiger partial charge in [0.05, 0.1) is 40.6 Å². The average molecular weight is 533 g/mol. The molecule has 194 valence electrons. The Kier molecular flexibility index (Phi) is 4.99. The van der Waals surface area contributed by atoms with Gasteiger partial charge < -0.3 is 9.64 Å². The Hall–Kier alpha value is -5.82. The normalized spacial score (nSPS) is 13.6. The van der Waals surface area contributed by atoms with Gasteiger partial charge in [0.25, 0.3) is 11.8 Å². The van der Waals surface area contributed by atoms with Crippen molar-refractivity contribution in [3.8, 4) is 22.6 Å². The standard InChI is InChI=1S/C34H20N4O3/c39-32-26-17-16-22(25-11-7-9-21-8-1-2-10-24(21)25)18-27(26)33(40)38(32)34-35-19-23(20-36-34)37-28-12-3-5-14-30(28)41-31-15-6-4-13-29(31)37/h1-20H. The third-order valence-corrected chi connectivity index (χ3v) is 7.50. The lowest BCUT2D eigenvalue weighted by atomic mass is 9.95. The Balaban J connectivity index is 1.15. The summed E-state index contributed by atoms with van der Waals surface area (Å²) in [5, 5.41) is 2.18. The van der Waals surface area contributed by atoms with Crippen LogP contribution < -0.4 is 14.5 Å². The minimum absolute atomic E-state index is 0.0292. The van der Waals surface area contributed by atoms with Gasteiger partial charge >= 0.3 is 0 Å². The number of hydrogen-bond donors (Lipinski definition) is 0. The third-order valence-electron chi connectivity index (χ3n) is 7.50. The topological polar surface area (TPSA) is 75.6 Å². The number of anilines is 4. The molecule has 0 atom stereocenters. The van der Waals surface area contributed by atoms with Crippen LogP contribution in [0.1, 0.15) is 20.7 Å². The number of hydrogen-bond acceptors (Lipinski definition) is 6. The number of carbonyl (C=O) groups excluding carboxylic acids is 2. The van der Waals surface area contributed by atoms with E-state index in [1.807, 2.05) is 83.8 Å². The molecule has 0 N–H and O–H groups in total. The maximum absolute atomic E-state index is 13.6. The van der Waals surface area contributed by atoms with E-state index >= 15 is 0 Å². The first-order valence-corrected chi connectivity index (χ1v) is 13.2. The van der Waals surface area contributed by atoms with Gasteiger partial charge in [-0.05, 0) is 58.3 Å². The molecule has 0 radical (unpaired) electrons. The molecule has 0 unspecified atom stereocenters. The fourth-order valence-corrected chi connectivity index (χ4v) is 5.60. The van der Waals surface area contributed by atoms with Crippen LogP contribution >= 0.6 is 0 Å². The molecule has 3 heterocycles. The average Bonchev–Trinajstić information content (AvgIpc) is 3.28. The van der Waals surface area contributed by atoms with Crippen LogP contribution in [-0.4, -0.2) is 21.8 Å². The van der Waals surface area contributed by atoms with Crippen molar-refractivity contribution in [2.24, 2.45) is 0 Å². The maximum atomic E-state index is 13.6. The van der Waals surface area contributed by atoms with Gasteiger partial charge in [0.1, 0.15) is 0 Å². The number of ether oxygens (including phenoxy) is 1. The number of amides is 2. The Morgan fingerprint density at radius 1 is 0.561 bits per heavy atom. The summed E-state index contributed by atoms with van der Waals surface area (Å²) in [6.07, 6.45) is 3.23. The van der Waals surface area contributed by atoms with Crippen LogP contribution in [0.15, 0.2) is 122 Å². The van der Waals surface area contributed by atoms with Crippen LogP contribution in [0, 0.1) is 0 Å². The van der Waals surface area contributed by atoms with Crippen molar-refractivity contribution in [1.82, 2.24) is 9.97 Å². The van der Waals surface area contributed by atoms with E-state index in [0.29, 0.717) is 28.3 Å². The lowest BCUT2D eigenvalue weighted by Gasteiger charge is -2.32. The molecule has 0 spiro atoms. The first kappa shape index (κ1) is 23.1. The Morgan fingerprint density at radius 2 is 1.20 bits per heavy atom. The molecule has 0 saturated heterocycles.